The maximum Gasteiger partial charge on any atom is 0.139 e. The normalized spacial score (nSPS) is 16.4. The van der Waals surface area contributed by atoms with Crippen molar-refractivity contribution in [2.45, 2.75) is 19.4 Å². The predicted molar refractivity (Wildman–Crippen MR) is 113 cm³/mol. The van der Waals surface area contributed by atoms with Crippen molar-refractivity contribution in [3.63, 3.8) is 0 Å². The molecule has 0 aliphatic carbocycles. The summed E-state index contributed by atoms with van der Waals surface area (Å²) in [5.41, 5.74) is 3.32. The molecule has 0 saturated carbocycles. The minimum Gasteiger partial charge on any atom is -0.497 e. The van der Waals surface area contributed by atoms with E-state index in [1.807, 2.05) is 6.07 Å². The van der Waals surface area contributed by atoms with Crippen LogP contribution in [0.3, 0.4) is 0 Å². The third kappa shape index (κ3) is 3.42. The van der Waals surface area contributed by atoms with Crippen molar-refractivity contribution in [1.82, 2.24) is 9.97 Å². The molecule has 28 heavy (non-hydrogen) atoms. The van der Waals surface area contributed by atoms with Gasteiger partial charge in [-0.1, -0.05) is 11.6 Å². The zero-order chi connectivity index (χ0) is 19.7. The smallest absolute Gasteiger partial charge is 0.139 e. The molecule has 0 bridgehead atoms. The van der Waals surface area contributed by atoms with E-state index < -0.39 is 0 Å². The molecular formula is C22H26N4O2. The molecule has 1 aliphatic heterocycles. The van der Waals surface area contributed by atoms with Gasteiger partial charge >= 0.3 is 0 Å². The lowest BCUT2D eigenvalue weighted by atomic mass is 10.1. The molecule has 1 unspecified atom stereocenters. The Hall–Kier alpha value is -3.02. The van der Waals surface area contributed by atoms with E-state index in [2.05, 4.69) is 64.1 Å². The van der Waals surface area contributed by atoms with Gasteiger partial charge in [0, 0.05) is 55.5 Å². The first-order chi connectivity index (χ1) is 13.6. The molecule has 1 saturated heterocycles. The van der Waals surface area contributed by atoms with Gasteiger partial charge in [-0.25, -0.2) is 9.97 Å². The average molecular weight is 378 g/mol. The highest BCUT2D eigenvalue weighted by atomic mass is 16.5. The SMILES string of the molecule is COc1cc(OC)cc(N2CCC(N(C)c3ncnc4ccc(C)cc34)C2)c1. The Balaban J connectivity index is 1.59. The molecule has 6 nitrogen and oxygen atoms in total. The van der Waals surface area contributed by atoms with Gasteiger partial charge in [-0.2, -0.15) is 0 Å². The highest BCUT2D eigenvalue weighted by molar-refractivity contribution is 5.89. The monoisotopic (exact) mass is 378 g/mol. The van der Waals surface area contributed by atoms with Crippen LogP contribution < -0.4 is 19.3 Å². The van der Waals surface area contributed by atoms with Crippen LogP contribution in [-0.4, -0.2) is 50.4 Å². The van der Waals surface area contributed by atoms with Crippen LogP contribution >= 0.6 is 0 Å². The standard InChI is InChI=1S/C22H26N4O2/c1-15-5-6-21-20(9-15)22(24-14-23-21)25(2)16-7-8-26(13-16)17-10-18(27-3)12-19(11-17)28-4/h5-6,9-12,14,16H,7-8,13H2,1-4H3. The van der Waals surface area contributed by atoms with E-state index in [1.165, 1.54) is 5.56 Å². The second kappa shape index (κ2) is 7.54. The van der Waals surface area contributed by atoms with Gasteiger partial charge in [0.15, 0.2) is 0 Å². The molecule has 0 N–H and O–H groups in total. The van der Waals surface area contributed by atoms with Crippen LogP contribution in [0.5, 0.6) is 11.5 Å². The molecule has 2 aromatic carbocycles. The van der Waals surface area contributed by atoms with Crippen molar-refractivity contribution in [1.29, 1.82) is 0 Å². The molecule has 4 rings (SSSR count). The molecular weight excluding hydrogens is 352 g/mol. The number of nitrogens with zero attached hydrogens (tertiary/aromatic N) is 4. The first-order valence-electron chi connectivity index (χ1n) is 9.51. The molecule has 0 spiro atoms. The van der Waals surface area contributed by atoms with E-state index in [4.69, 9.17) is 9.47 Å². The average Bonchev–Trinajstić information content (AvgIpc) is 3.22. The van der Waals surface area contributed by atoms with Gasteiger partial charge in [0.25, 0.3) is 0 Å². The highest BCUT2D eigenvalue weighted by Crippen LogP contribution is 2.33. The maximum absolute atomic E-state index is 5.43. The van der Waals surface area contributed by atoms with Crippen molar-refractivity contribution in [2.24, 2.45) is 0 Å². The lowest BCUT2D eigenvalue weighted by molar-refractivity contribution is 0.394. The lowest BCUT2D eigenvalue weighted by Crippen LogP contribution is -2.35. The van der Waals surface area contributed by atoms with Crippen LogP contribution in [-0.2, 0) is 0 Å². The second-order valence-electron chi connectivity index (χ2n) is 7.29. The van der Waals surface area contributed by atoms with Gasteiger partial charge in [-0.05, 0) is 25.5 Å². The van der Waals surface area contributed by atoms with Crippen LogP contribution in [0.2, 0.25) is 0 Å². The maximum atomic E-state index is 5.43. The second-order valence-corrected chi connectivity index (χ2v) is 7.29. The summed E-state index contributed by atoms with van der Waals surface area (Å²) in [6, 6.07) is 12.7. The number of ether oxygens (including phenoxy) is 2. The van der Waals surface area contributed by atoms with E-state index in [0.29, 0.717) is 6.04 Å². The third-order valence-corrected chi connectivity index (χ3v) is 5.52. The van der Waals surface area contributed by atoms with Crippen molar-refractivity contribution in [3.05, 3.63) is 48.3 Å². The van der Waals surface area contributed by atoms with Gasteiger partial charge in [0.05, 0.1) is 19.7 Å². The van der Waals surface area contributed by atoms with Crippen molar-refractivity contribution >= 4 is 22.4 Å². The van der Waals surface area contributed by atoms with Crippen molar-refractivity contribution < 1.29 is 9.47 Å². The molecule has 1 aromatic heterocycles. The number of anilines is 2. The fraction of sp³-hybridized carbons (Fsp3) is 0.364. The summed E-state index contributed by atoms with van der Waals surface area (Å²) >= 11 is 0. The lowest BCUT2D eigenvalue weighted by Gasteiger charge is -2.27. The number of benzene rings is 2. The Labute approximate surface area is 165 Å². The van der Waals surface area contributed by atoms with Crippen molar-refractivity contribution in [3.8, 4) is 11.5 Å². The van der Waals surface area contributed by atoms with Crippen LogP contribution in [0, 0.1) is 6.92 Å². The van der Waals surface area contributed by atoms with Gasteiger partial charge in [0.1, 0.15) is 23.6 Å². The van der Waals surface area contributed by atoms with Gasteiger partial charge in [-0.3, -0.25) is 0 Å². The topological polar surface area (TPSA) is 50.7 Å². The molecule has 6 heteroatoms. The van der Waals surface area contributed by atoms with Crippen LogP contribution in [0.1, 0.15) is 12.0 Å². The van der Waals surface area contributed by atoms with E-state index in [1.54, 1.807) is 20.5 Å². The summed E-state index contributed by atoms with van der Waals surface area (Å²) in [4.78, 5) is 13.7. The first kappa shape index (κ1) is 18.3. The Morgan fingerprint density at radius 2 is 1.79 bits per heavy atom. The fourth-order valence-corrected chi connectivity index (χ4v) is 3.88. The van der Waals surface area contributed by atoms with Crippen molar-refractivity contribution in [2.75, 3.05) is 44.2 Å². The molecule has 2 heterocycles. The number of aryl methyl sites for hydroxylation is 1. The first-order valence-corrected chi connectivity index (χ1v) is 9.51. The zero-order valence-corrected chi connectivity index (χ0v) is 16.8. The summed E-state index contributed by atoms with van der Waals surface area (Å²) in [6.45, 7) is 4.00. The highest BCUT2D eigenvalue weighted by Gasteiger charge is 2.28. The summed E-state index contributed by atoms with van der Waals surface area (Å²) in [5, 5.41) is 1.10. The number of hydrogen-bond acceptors (Lipinski definition) is 6. The number of methoxy groups -OCH3 is 2. The number of fused-ring (bicyclic) bond motifs is 1. The summed E-state index contributed by atoms with van der Waals surface area (Å²) in [7, 11) is 5.49. The Bertz CT molecular complexity index is 969. The predicted octanol–water partition coefficient (Wildman–Crippen LogP) is 3.67. The fourth-order valence-electron chi connectivity index (χ4n) is 3.88. The summed E-state index contributed by atoms with van der Waals surface area (Å²) in [5.74, 6) is 2.61. The largest absolute Gasteiger partial charge is 0.497 e. The number of aromatic nitrogens is 2. The quantitative estimate of drug-likeness (QED) is 0.675. The van der Waals surface area contributed by atoms with Gasteiger partial charge < -0.3 is 19.3 Å². The minimum atomic E-state index is 0.371. The molecule has 1 fully saturated rings. The van der Waals surface area contributed by atoms with E-state index in [9.17, 15) is 0 Å². The molecule has 1 aliphatic rings. The molecule has 1 atom stereocenters. The van der Waals surface area contributed by atoms with Gasteiger partial charge in [-0.15, -0.1) is 0 Å². The molecule has 3 aromatic rings. The van der Waals surface area contributed by atoms with E-state index in [0.717, 1.165) is 53.4 Å². The van der Waals surface area contributed by atoms with Crippen LogP contribution in [0.4, 0.5) is 11.5 Å². The summed E-state index contributed by atoms with van der Waals surface area (Å²) < 4.78 is 10.9. The molecule has 146 valence electrons. The number of likely N-dealkylation sites (N-methyl/N-ethyl adjacent to an activating group) is 1. The van der Waals surface area contributed by atoms with E-state index in [-0.39, 0.29) is 0 Å². The summed E-state index contributed by atoms with van der Waals surface area (Å²) in [6.07, 6.45) is 2.72. The Morgan fingerprint density at radius 3 is 2.50 bits per heavy atom. The molecule has 0 radical (unpaired) electrons. The number of rotatable bonds is 5. The van der Waals surface area contributed by atoms with Crippen LogP contribution in [0.25, 0.3) is 10.9 Å². The molecule has 0 amide bonds. The zero-order valence-electron chi connectivity index (χ0n) is 16.8. The number of hydrogen-bond donors (Lipinski definition) is 0. The van der Waals surface area contributed by atoms with Crippen LogP contribution in [0.15, 0.2) is 42.7 Å². The minimum absolute atomic E-state index is 0.371. The third-order valence-electron chi connectivity index (χ3n) is 5.52. The Morgan fingerprint density at radius 1 is 1.04 bits per heavy atom. The van der Waals surface area contributed by atoms with Gasteiger partial charge in [0.2, 0.25) is 0 Å². The van der Waals surface area contributed by atoms with E-state index >= 15 is 0 Å². The Kier molecular flexibility index (Phi) is 4.94.